The number of hydrogen-bond acceptors (Lipinski definition) is 4. The van der Waals surface area contributed by atoms with Crippen molar-refractivity contribution in [2.75, 3.05) is 26.3 Å². The molecule has 1 saturated carbocycles. The van der Waals surface area contributed by atoms with Gasteiger partial charge in [0, 0.05) is 32.7 Å². The molecule has 1 unspecified atom stereocenters. The van der Waals surface area contributed by atoms with Crippen molar-refractivity contribution in [2.24, 2.45) is 17.6 Å². The molecule has 6 nitrogen and oxygen atoms in total. The summed E-state index contributed by atoms with van der Waals surface area (Å²) in [6, 6.07) is -0.475. The molecule has 0 spiro atoms. The SMILES string of the molecule is Cl.NC(C(=O)NCCNC(=O)CC1CCCCC1)C1CCOCC1. The Hall–Kier alpha value is -0.850. The summed E-state index contributed by atoms with van der Waals surface area (Å²) >= 11 is 0. The fourth-order valence-corrected chi connectivity index (χ4v) is 3.52. The van der Waals surface area contributed by atoms with E-state index >= 15 is 0 Å². The van der Waals surface area contributed by atoms with Crippen LogP contribution in [0, 0.1) is 11.8 Å². The van der Waals surface area contributed by atoms with Gasteiger partial charge in [-0.2, -0.15) is 0 Å². The topological polar surface area (TPSA) is 93.5 Å². The van der Waals surface area contributed by atoms with Crippen molar-refractivity contribution in [2.45, 2.75) is 57.4 Å². The first-order valence-electron chi connectivity index (χ1n) is 9.04. The zero-order valence-corrected chi connectivity index (χ0v) is 15.2. The number of carbonyl (C=O) groups is 2. The van der Waals surface area contributed by atoms with E-state index in [1.807, 2.05) is 0 Å². The highest BCUT2D eigenvalue weighted by atomic mass is 35.5. The number of nitrogens with two attached hydrogens (primary N) is 1. The molecule has 140 valence electrons. The monoisotopic (exact) mass is 361 g/mol. The minimum absolute atomic E-state index is 0. The molecule has 1 aliphatic carbocycles. The maximum atomic E-state index is 12.0. The fraction of sp³-hybridized carbons (Fsp3) is 0.882. The molecule has 1 aliphatic heterocycles. The van der Waals surface area contributed by atoms with Crippen molar-refractivity contribution < 1.29 is 14.3 Å². The van der Waals surface area contributed by atoms with Gasteiger partial charge in [-0.25, -0.2) is 0 Å². The molecule has 2 fully saturated rings. The molecule has 2 amide bonds. The second-order valence-corrected chi connectivity index (χ2v) is 6.82. The lowest BCUT2D eigenvalue weighted by Crippen LogP contribution is -2.48. The lowest BCUT2D eigenvalue weighted by atomic mass is 9.87. The lowest BCUT2D eigenvalue weighted by Gasteiger charge is -2.26. The summed E-state index contributed by atoms with van der Waals surface area (Å²) in [5.74, 6) is 0.711. The van der Waals surface area contributed by atoms with Crippen LogP contribution in [0.15, 0.2) is 0 Å². The van der Waals surface area contributed by atoms with Crippen molar-refractivity contribution in [1.29, 1.82) is 0 Å². The van der Waals surface area contributed by atoms with E-state index in [1.165, 1.54) is 32.1 Å². The third kappa shape index (κ3) is 7.36. The van der Waals surface area contributed by atoms with Gasteiger partial charge in [0.2, 0.25) is 11.8 Å². The van der Waals surface area contributed by atoms with Crippen LogP contribution in [0.3, 0.4) is 0 Å². The maximum Gasteiger partial charge on any atom is 0.237 e. The third-order valence-corrected chi connectivity index (χ3v) is 5.02. The number of halogens is 1. The zero-order valence-electron chi connectivity index (χ0n) is 14.4. The molecule has 24 heavy (non-hydrogen) atoms. The van der Waals surface area contributed by atoms with E-state index in [1.54, 1.807) is 0 Å². The van der Waals surface area contributed by atoms with Gasteiger partial charge >= 0.3 is 0 Å². The average molecular weight is 362 g/mol. The van der Waals surface area contributed by atoms with Crippen molar-refractivity contribution in [3.05, 3.63) is 0 Å². The molecule has 4 N–H and O–H groups in total. The van der Waals surface area contributed by atoms with Crippen LogP contribution in [0.25, 0.3) is 0 Å². The van der Waals surface area contributed by atoms with E-state index < -0.39 is 6.04 Å². The second kappa shape index (κ2) is 11.7. The fourth-order valence-electron chi connectivity index (χ4n) is 3.52. The molecule has 0 bridgehead atoms. The highest BCUT2D eigenvalue weighted by Gasteiger charge is 2.26. The molecule has 1 atom stereocenters. The molecule has 0 aromatic carbocycles. The summed E-state index contributed by atoms with van der Waals surface area (Å²) in [6.07, 6.45) is 8.44. The van der Waals surface area contributed by atoms with Gasteiger partial charge in [-0.3, -0.25) is 9.59 Å². The number of ether oxygens (including phenoxy) is 1. The Bertz CT molecular complexity index is 383. The Kier molecular flexibility index (Phi) is 10.3. The first-order valence-corrected chi connectivity index (χ1v) is 9.04. The standard InChI is InChI=1S/C17H31N3O3.ClH/c18-16(14-6-10-23-11-7-14)17(22)20-9-8-19-15(21)12-13-4-2-1-3-5-13;/h13-14,16H,1-12,18H2,(H,19,21)(H,20,22);1H. The number of nitrogens with one attached hydrogen (secondary N) is 2. The third-order valence-electron chi connectivity index (χ3n) is 5.02. The number of rotatable bonds is 7. The summed E-state index contributed by atoms with van der Waals surface area (Å²) in [5, 5.41) is 5.71. The van der Waals surface area contributed by atoms with Crippen molar-refractivity contribution in [1.82, 2.24) is 10.6 Å². The largest absolute Gasteiger partial charge is 0.381 e. The van der Waals surface area contributed by atoms with Crippen LogP contribution in [-0.4, -0.2) is 44.2 Å². The Morgan fingerprint density at radius 3 is 2.29 bits per heavy atom. The molecular weight excluding hydrogens is 330 g/mol. The van der Waals surface area contributed by atoms with Gasteiger partial charge in [-0.05, 0) is 37.5 Å². The Morgan fingerprint density at radius 2 is 1.62 bits per heavy atom. The van der Waals surface area contributed by atoms with E-state index in [0.717, 1.165) is 12.8 Å². The Labute approximate surface area is 151 Å². The predicted octanol–water partition coefficient (Wildman–Crippen LogP) is 1.36. The van der Waals surface area contributed by atoms with Crippen molar-refractivity contribution >= 4 is 24.2 Å². The van der Waals surface area contributed by atoms with Gasteiger partial charge in [0.1, 0.15) is 0 Å². The van der Waals surface area contributed by atoms with Gasteiger partial charge in [0.25, 0.3) is 0 Å². The van der Waals surface area contributed by atoms with E-state index in [0.29, 0.717) is 38.6 Å². The van der Waals surface area contributed by atoms with Crippen molar-refractivity contribution in [3.63, 3.8) is 0 Å². The first kappa shape index (κ1) is 21.2. The minimum atomic E-state index is -0.475. The average Bonchev–Trinajstić information content (AvgIpc) is 2.59. The minimum Gasteiger partial charge on any atom is -0.381 e. The molecule has 0 aromatic heterocycles. The summed E-state index contributed by atoms with van der Waals surface area (Å²) < 4.78 is 5.28. The molecule has 2 rings (SSSR count). The first-order chi connectivity index (χ1) is 11.2. The van der Waals surface area contributed by atoms with Crippen LogP contribution in [0.4, 0.5) is 0 Å². The number of hydrogen-bond donors (Lipinski definition) is 3. The van der Waals surface area contributed by atoms with Crippen LogP contribution in [0.1, 0.15) is 51.4 Å². The molecule has 1 heterocycles. The van der Waals surface area contributed by atoms with E-state index in [9.17, 15) is 9.59 Å². The van der Waals surface area contributed by atoms with Gasteiger partial charge < -0.3 is 21.1 Å². The molecule has 7 heteroatoms. The molecular formula is C17H32ClN3O3. The molecule has 0 radical (unpaired) electrons. The molecule has 1 saturated heterocycles. The number of amides is 2. The Balaban J connectivity index is 0.00000288. The van der Waals surface area contributed by atoms with Crippen LogP contribution >= 0.6 is 12.4 Å². The summed E-state index contributed by atoms with van der Waals surface area (Å²) in [7, 11) is 0. The van der Waals surface area contributed by atoms with Gasteiger partial charge in [-0.1, -0.05) is 19.3 Å². The normalized spacial score (nSPS) is 20.7. The molecule has 2 aliphatic rings. The lowest BCUT2D eigenvalue weighted by molar-refractivity contribution is -0.125. The van der Waals surface area contributed by atoms with Gasteiger partial charge in [0.15, 0.2) is 0 Å². The van der Waals surface area contributed by atoms with Crippen LogP contribution in [0.2, 0.25) is 0 Å². The Morgan fingerprint density at radius 1 is 1.00 bits per heavy atom. The predicted molar refractivity (Wildman–Crippen MR) is 96.0 cm³/mol. The second-order valence-electron chi connectivity index (χ2n) is 6.82. The maximum absolute atomic E-state index is 12.0. The smallest absolute Gasteiger partial charge is 0.237 e. The van der Waals surface area contributed by atoms with Crippen LogP contribution < -0.4 is 16.4 Å². The highest BCUT2D eigenvalue weighted by molar-refractivity contribution is 5.85. The van der Waals surface area contributed by atoms with Crippen molar-refractivity contribution in [3.8, 4) is 0 Å². The summed E-state index contributed by atoms with van der Waals surface area (Å²) in [4.78, 5) is 23.9. The van der Waals surface area contributed by atoms with E-state index in [4.69, 9.17) is 10.5 Å². The quantitative estimate of drug-likeness (QED) is 0.597. The van der Waals surface area contributed by atoms with E-state index in [-0.39, 0.29) is 30.1 Å². The number of carbonyl (C=O) groups excluding carboxylic acids is 2. The highest BCUT2D eigenvalue weighted by Crippen LogP contribution is 2.25. The summed E-state index contributed by atoms with van der Waals surface area (Å²) in [6.45, 7) is 2.27. The van der Waals surface area contributed by atoms with Gasteiger partial charge in [-0.15, -0.1) is 12.4 Å². The van der Waals surface area contributed by atoms with Gasteiger partial charge in [0.05, 0.1) is 6.04 Å². The van der Waals surface area contributed by atoms with Crippen LogP contribution in [-0.2, 0) is 14.3 Å². The zero-order chi connectivity index (χ0) is 16.5. The molecule has 0 aromatic rings. The summed E-state index contributed by atoms with van der Waals surface area (Å²) in [5.41, 5.74) is 6.00. The van der Waals surface area contributed by atoms with Crippen LogP contribution in [0.5, 0.6) is 0 Å². The van der Waals surface area contributed by atoms with E-state index in [2.05, 4.69) is 10.6 Å².